The van der Waals surface area contributed by atoms with Crippen LogP contribution in [0.2, 0.25) is 0 Å². The highest BCUT2D eigenvalue weighted by Gasteiger charge is 2.22. The lowest BCUT2D eigenvalue weighted by Crippen LogP contribution is -2.44. The van der Waals surface area contributed by atoms with Gasteiger partial charge in [-0.2, -0.15) is 0 Å². The highest BCUT2D eigenvalue weighted by molar-refractivity contribution is 5.38. The van der Waals surface area contributed by atoms with Gasteiger partial charge in [-0.25, -0.2) is 9.37 Å². The van der Waals surface area contributed by atoms with E-state index in [0.717, 1.165) is 25.5 Å². The second kappa shape index (κ2) is 5.87. The van der Waals surface area contributed by atoms with E-state index in [1.807, 2.05) is 0 Å². The van der Waals surface area contributed by atoms with Crippen molar-refractivity contribution in [2.45, 2.75) is 39.2 Å². The van der Waals surface area contributed by atoms with E-state index in [4.69, 9.17) is 0 Å². The molecule has 2 heterocycles. The first-order chi connectivity index (χ1) is 8.94. The van der Waals surface area contributed by atoms with E-state index in [1.165, 1.54) is 25.1 Å². The third-order valence-electron chi connectivity index (χ3n) is 3.48. The molecule has 0 saturated carbocycles. The Morgan fingerprint density at radius 2 is 2.21 bits per heavy atom. The number of rotatable bonds is 3. The van der Waals surface area contributed by atoms with Crippen LogP contribution in [0.15, 0.2) is 18.3 Å². The van der Waals surface area contributed by atoms with Crippen LogP contribution in [-0.4, -0.2) is 30.2 Å². The van der Waals surface area contributed by atoms with Crippen LogP contribution in [0, 0.1) is 11.7 Å². The lowest BCUT2D eigenvalue weighted by molar-refractivity contribution is 0.335. The van der Waals surface area contributed by atoms with Gasteiger partial charge in [0.05, 0.1) is 6.20 Å². The molecule has 3 nitrogen and oxygen atoms in total. The van der Waals surface area contributed by atoms with Gasteiger partial charge in [0, 0.05) is 25.2 Å². The third kappa shape index (κ3) is 4.46. The quantitative estimate of drug-likeness (QED) is 0.911. The zero-order valence-electron chi connectivity index (χ0n) is 12.1. The lowest BCUT2D eigenvalue weighted by Gasteiger charge is -2.35. The van der Waals surface area contributed by atoms with Crippen molar-refractivity contribution in [3.05, 3.63) is 24.1 Å². The minimum absolute atomic E-state index is 0.163. The largest absolute Gasteiger partial charge is 0.356 e. The second-order valence-corrected chi connectivity index (χ2v) is 6.42. The van der Waals surface area contributed by atoms with Crippen LogP contribution in [0.3, 0.4) is 0 Å². The number of piperidine rings is 1. The molecule has 1 unspecified atom stereocenters. The number of halogens is 1. The first-order valence-corrected chi connectivity index (χ1v) is 7.05. The third-order valence-corrected chi connectivity index (χ3v) is 3.48. The van der Waals surface area contributed by atoms with E-state index >= 15 is 0 Å². The molecule has 4 heteroatoms. The number of nitrogens with zero attached hydrogens (tertiary/aromatic N) is 2. The van der Waals surface area contributed by atoms with E-state index in [1.54, 1.807) is 6.07 Å². The van der Waals surface area contributed by atoms with E-state index in [9.17, 15) is 4.39 Å². The van der Waals surface area contributed by atoms with E-state index in [-0.39, 0.29) is 11.4 Å². The summed E-state index contributed by atoms with van der Waals surface area (Å²) in [6, 6.07) is 3.26. The summed E-state index contributed by atoms with van der Waals surface area (Å²) in [6.07, 6.45) is 3.72. The predicted molar refractivity (Wildman–Crippen MR) is 76.9 cm³/mol. The molecule has 1 saturated heterocycles. The highest BCUT2D eigenvalue weighted by atomic mass is 19.1. The Balaban J connectivity index is 1.91. The monoisotopic (exact) mass is 265 g/mol. The topological polar surface area (TPSA) is 28.2 Å². The Labute approximate surface area is 115 Å². The zero-order valence-corrected chi connectivity index (χ0v) is 12.1. The van der Waals surface area contributed by atoms with Crippen molar-refractivity contribution in [2.75, 3.05) is 24.5 Å². The molecule has 1 aliphatic heterocycles. The van der Waals surface area contributed by atoms with Gasteiger partial charge in [0.2, 0.25) is 0 Å². The number of hydrogen-bond acceptors (Lipinski definition) is 3. The van der Waals surface area contributed by atoms with Crippen molar-refractivity contribution in [3.8, 4) is 0 Å². The summed E-state index contributed by atoms with van der Waals surface area (Å²) in [4.78, 5) is 6.44. The highest BCUT2D eigenvalue weighted by Crippen LogP contribution is 2.21. The molecule has 106 valence electrons. The fourth-order valence-corrected chi connectivity index (χ4v) is 2.45. The fraction of sp³-hybridized carbons (Fsp3) is 0.667. The second-order valence-electron chi connectivity index (χ2n) is 6.42. The Hall–Kier alpha value is -1.16. The van der Waals surface area contributed by atoms with Crippen LogP contribution in [0.4, 0.5) is 10.2 Å². The molecule has 0 aromatic carbocycles. The Morgan fingerprint density at radius 3 is 2.84 bits per heavy atom. The van der Waals surface area contributed by atoms with Crippen LogP contribution in [-0.2, 0) is 0 Å². The summed E-state index contributed by atoms with van der Waals surface area (Å²) in [5.74, 6) is 1.26. The SMILES string of the molecule is CC(C)(C)NCC1CCCN(c2ccc(F)cn2)C1. The number of pyridine rings is 1. The molecular weight excluding hydrogens is 241 g/mol. The number of aromatic nitrogens is 1. The van der Waals surface area contributed by atoms with Gasteiger partial charge in [0.15, 0.2) is 0 Å². The molecule has 0 radical (unpaired) electrons. The average molecular weight is 265 g/mol. The molecule has 1 fully saturated rings. The average Bonchev–Trinajstić information content (AvgIpc) is 2.37. The molecule has 0 spiro atoms. The van der Waals surface area contributed by atoms with E-state index in [0.29, 0.717) is 5.92 Å². The van der Waals surface area contributed by atoms with Crippen molar-refractivity contribution in [1.82, 2.24) is 10.3 Å². The van der Waals surface area contributed by atoms with Crippen LogP contribution < -0.4 is 10.2 Å². The Kier molecular flexibility index (Phi) is 4.40. The van der Waals surface area contributed by atoms with E-state index < -0.39 is 0 Å². The van der Waals surface area contributed by atoms with Crippen molar-refractivity contribution in [2.24, 2.45) is 5.92 Å². The summed E-state index contributed by atoms with van der Waals surface area (Å²) in [5.41, 5.74) is 0.163. The summed E-state index contributed by atoms with van der Waals surface area (Å²) in [6.45, 7) is 9.62. The zero-order chi connectivity index (χ0) is 13.9. The van der Waals surface area contributed by atoms with Crippen molar-refractivity contribution < 1.29 is 4.39 Å². The van der Waals surface area contributed by atoms with Crippen LogP contribution in [0.1, 0.15) is 33.6 Å². The minimum Gasteiger partial charge on any atom is -0.356 e. The first-order valence-electron chi connectivity index (χ1n) is 7.05. The van der Waals surface area contributed by atoms with Gasteiger partial charge in [0.1, 0.15) is 11.6 Å². The van der Waals surface area contributed by atoms with Gasteiger partial charge in [-0.3, -0.25) is 0 Å². The number of nitrogens with one attached hydrogen (secondary N) is 1. The minimum atomic E-state index is -0.272. The van der Waals surface area contributed by atoms with E-state index in [2.05, 4.69) is 36.0 Å². The smallest absolute Gasteiger partial charge is 0.141 e. The molecule has 1 aliphatic rings. The van der Waals surface area contributed by atoms with Gasteiger partial charge < -0.3 is 10.2 Å². The van der Waals surface area contributed by atoms with Crippen molar-refractivity contribution >= 4 is 5.82 Å². The van der Waals surface area contributed by atoms with Crippen LogP contribution in [0.25, 0.3) is 0 Å². The van der Waals surface area contributed by atoms with Crippen molar-refractivity contribution in [3.63, 3.8) is 0 Å². The molecule has 19 heavy (non-hydrogen) atoms. The predicted octanol–water partition coefficient (Wildman–Crippen LogP) is 2.83. The maximum Gasteiger partial charge on any atom is 0.141 e. The molecule has 2 rings (SSSR count). The maximum absolute atomic E-state index is 12.9. The Morgan fingerprint density at radius 1 is 1.42 bits per heavy atom. The molecule has 0 aliphatic carbocycles. The van der Waals surface area contributed by atoms with Gasteiger partial charge in [-0.05, 0) is 51.7 Å². The van der Waals surface area contributed by atoms with Crippen LogP contribution in [0.5, 0.6) is 0 Å². The Bertz CT molecular complexity index is 397. The standard InChI is InChI=1S/C15H24FN3/c1-15(2,3)18-9-12-5-4-8-19(11-12)14-7-6-13(16)10-17-14/h6-7,10,12,18H,4-5,8-9,11H2,1-3H3. The van der Waals surface area contributed by atoms with Gasteiger partial charge >= 0.3 is 0 Å². The first kappa shape index (κ1) is 14.3. The number of anilines is 1. The fourth-order valence-electron chi connectivity index (χ4n) is 2.45. The molecule has 0 amide bonds. The molecule has 1 atom stereocenters. The van der Waals surface area contributed by atoms with Crippen LogP contribution >= 0.6 is 0 Å². The summed E-state index contributed by atoms with van der Waals surface area (Å²) in [7, 11) is 0. The molecule has 1 N–H and O–H groups in total. The summed E-state index contributed by atoms with van der Waals surface area (Å²) in [5, 5.41) is 3.57. The molecule has 1 aromatic heterocycles. The van der Waals surface area contributed by atoms with Gasteiger partial charge in [0.25, 0.3) is 0 Å². The van der Waals surface area contributed by atoms with Gasteiger partial charge in [-0.15, -0.1) is 0 Å². The molecule has 0 bridgehead atoms. The van der Waals surface area contributed by atoms with Crippen molar-refractivity contribution in [1.29, 1.82) is 0 Å². The summed E-state index contributed by atoms with van der Waals surface area (Å²) >= 11 is 0. The lowest BCUT2D eigenvalue weighted by atomic mass is 9.96. The summed E-state index contributed by atoms with van der Waals surface area (Å²) < 4.78 is 12.9. The number of hydrogen-bond donors (Lipinski definition) is 1. The van der Waals surface area contributed by atoms with Gasteiger partial charge in [-0.1, -0.05) is 0 Å². The molecule has 1 aromatic rings. The maximum atomic E-state index is 12.9. The normalized spacial score (nSPS) is 20.6. The molecular formula is C15H24FN3.